The van der Waals surface area contributed by atoms with E-state index in [4.69, 9.17) is 0 Å². The molecule has 2 atom stereocenters. The fraction of sp³-hybridized carbons (Fsp3) is 0.900. The second-order valence-corrected chi connectivity index (χ2v) is 6.87. The molecule has 2 rings (SSSR count). The number of rotatable bonds is 2. The second-order valence-electron chi connectivity index (χ2n) is 4.64. The van der Waals surface area contributed by atoms with Crippen LogP contribution in [0.1, 0.15) is 12.8 Å². The van der Waals surface area contributed by atoms with Crippen LogP contribution in [-0.4, -0.2) is 67.6 Å². The molecule has 0 aromatic carbocycles. The van der Waals surface area contributed by atoms with Gasteiger partial charge in [0.2, 0.25) is 5.91 Å². The van der Waals surface area contributed by atoms with Crippen molar-refractivity contribution in [2.75, 3.05) is 31.2 Å². The number of amides is 1. The Labute approximate surface area is 101 Å². The van der Waals surface area contributed by atoms with Crippen LogP contribution in [0.5, 0.6) is 0 Å². The number of sulfone groups is 1. The molecule has 2 fully saturated rings. The fourth-order valence-electron chi connectivity index (χ4n) is 2.56. The first kappa shape index (κ1) is 12.8. The Hall–Kier alpha value is -0.660. The summed E-state index contributed by atoms with van der Waals surface area (Å²) < 4.78 is 22.9. The van der Waals surface area contributed by atoms with E-state index in [1.165, 1.54) is 0 Å². The van der Waals surface area contributed by atoms with Gasteiger partial charge in [-0.25, -0.2) is 8.42 Å². The van der Waals surface area contributed by atoms with E-state index in [2.05, 4.69) is 5.32 Å². The number of aliphatic hydroxyl groups excluding tert-OH is 1. The number of hydrogen-bond donors (Lipinski definition) is 2. The monoisotopic (exact) mass is 262 g/mol. The zero-order valence-corrected chi connectivity index (χ0v) is 10.4. The molecule has 6 nitrogen and oxygen atoms in total. The van der Waals surface area contributed by atoms with Gasteiger partial charge in [-0.1, -0.05) is 0 Å². The molecule has 7 heteroatoms. The molecule has 0 bridgehead atoms. The molecule has 2 aliphatic rings. The van der Waals surface area contributed by atoms with Gasteiger partial charge in [0.15, 0.2) is 9.84 Å². The van der Waals surface area contributed by atoms with Gasteiger partial charge in [0, 0.05) is 19.1 Å². The molecule has 0 spiro atoms. The number of carbonyl (C=O) groups is 1. The minimum absolute atomic E-state index is 0.108. The lowest BCUT2D eigenvalue weighted by molar-refractivity contribution is -0.127. The third kappa shape index (κ3) is 2.78. The Morgan fingerprint density at radius 2 is 2.24 bits per heavy atom. The molecule has 1 amide bonds. The maximum Gasteiger partial charge on any atom is 0.239 e. The summed E-state index contributed by atoms with van der Waals surface area (Å²) >= 11 is 0. The zero-order valence-electron chi connectivity index (χ0n) is 9.63. The molecule has 2 unspecified atom stereocenters. The Bertz CT molecular complexity index is 395. The average molecular weight is 262 g/mol. The van der Waals surface area contributed by atoms with Crippen molar-refractivity contribution in [3.63, 3.8) is 0 Å². The lowest BCUT2D eigenvalue weighted by Crippen LogP contribution is -2.51. The molecule has 0 saturated carbocycles. The van der Waals surface area contributed by atoms with Crippen molar-refractivity contribution < 1.29 is 18.3 Å². The lowest BCUT2D eigenvalue weighted by Gasteiger charge is -2.31. The SMILES string of the molecule is O=C1NCCCN(C2CCS(=O)(=O)C2)C1CO. The number of carbonyl (C=O) groups excluding carboxylic acids is 1. The van der Waals surface area contributed by atoms with Gasteiger partial charge in [-0.2, -0.15) is 0 Å². The highest BCUT2D eigenvalue weighted by Crippen LogP contribution is 2.21. The summed E-state index contributed by atoms with van der Waals surface area (Å²) in [6, 6.07) is -0.725. The van der Waals surface area contributed by atoms with Crippen LogP contribution in [0.4, 0.5) is 0 Å². The summed E-state index contributed by atoms with van der Waals surface area (Å²) in [6.07, 6.45) is 1.35. The summed E-state index contributed by atoms with van der Waals surface area (Å²) in [6.45, 7) is 0.984. The van der Waals surface area contributed by atoms with E-state index in [1.54, 1.807) is 0 Å². The molecule has 2 aliphatic heterocycles. The van der Waals surface area contributed by atoms with Crippen LogP contribution >= 0.6 is 0 Å². The van der Waals surface area contributed by atoms with Crippen molar-refractivity contribution in [3.05, 3.63) is 0 Å². The van der Waals surface area contributed by atoms with Gasteiger partial charge in [0.25, 0.3) is 0 Å². The van der Waals surface area contributed by atoms with Crippen LogP contribution in [-0.2, 0) is 14.6 Å². The third-order valence-corrected chi connectivity index (χ3v) is 5.20. The number of nitrogens with zero attached hydrogens (tertiary/aromatic N) is 1. The molecule has 0 aromatic rings. The van der Waals surface area contributed by atoms with Crippen molar-refractivity contribution in [2.24, 2.45) is 0 Å². The second kappa shape index (κ2) is 4.91. The Kier molecular flexibility index (Phi) is 3.70. The fourth-order valence-corrected chi connectivity index (χ4v) is 4.30. The predicted octanol–water partition coefficient (Wildman–Crippen LogP) is -1.64. The third-order valence-electron chi connectivity index (χ3n) is 3.45. The van der Waals surface area contributed by atoms with E-state index in [9.17, 15) is 18.3 Å². The standard InChI is InChI=1S/C10H18N2O4S/c13-6-9-10(14)11-3-1-4-12(9)8-2-5-17(15,16)7-8/h8-9,13H,1-7H2,(H,11,14). The summed E-state index contributed by atoms with van der Waals surface area (Å²) in [5, 5.41) is 12.0. The lowest BCUT2D eigenvalue weighted by atomic mass is 10.1. The van der Waals surface area contributed by atoms with Crippen molar-refractivity contribution >= 4 is 15.7 Å². The topological polar surface area (TPSA) is 86.7 Å². The molecule has 0 radical (unpaired) electrons. The molecule has 2 heterocycles. The van der Waals surface area contributed by atoms with E-state index in [0.29, 0.717) is 19.5 Å². The highest BCUT2D eigenvalue weighted by Gasteiger charge is 2.38. The first-order valence-corrected chi connectivity index (χ1v) is 7.70. The van der Waals surface area contributed by atoms with Crippen molar-refractivity contribution in [2.45, 2.75) is 24.9 Å². The quantitative estimate of drug-likeness (QED) is 0.623. The first-order chi connectivity index (χ1) is 8.03. The number of aliphatic hydroxyl groups is 1. The minimum Gasteiger partial charge on any atom is -0.394 e. The highest BCUT2D eigenvalue weighted by atomic mass is 32.2. The molecule has 98 valence electrons. The molecule has 2 saturated heterocycles. The van der Waals surface area contributed by atoms with Gasteiger partial charge < -0.3 is 10.4 Å². The van der Waals surface area contributed by atoms with Crippen LogP contribution in [0.3, 0.4) is 0 Å². The Balaban J connectivity index is 2.14. The Morgan fingerprint density at radius 1 is 1.47 bits per heavy atom. The van der Waals surface area contributed by atoms with Gasteiger partial charge in [-0.05, 0) is 12.8 Å². The van der Waals surface area contributed by atoms with Crippen LogP contribution < -0.4 is 5.32 Å². The van der Waals surface area contributed by atoms with Crippen molar-refractivity contribution in [1.82, 2.24) is 10.2 Å². The highest BCUT2D eigenvalue weighted by molar-refractivity contribution is 7.91. The zero-order chi connectivity index (χ0) is 12.5. The molecular formula is C10H18N2O4S. The van der Waals surface area contributed by atoms with Crippen molar-refractivity contribution in [1.29, 1.82) is 0 Å². The number of hydrogen-bond acceptors (Lipinski definition) is 5. The van der Waals surface area contributed by atoms with Crippen molar-refractivity contribution in [3.8, 4) is 0 Å². The van der Waals surface area contributed by atoms with Crippen LogP contribution in [0.15, 0.2) is 0 Å². The van der Waals surface area contributed by atoms with Crippen LogP contribution in [0.2, 0.25) is 0 Å². The van der Waals surface area contributed by atoms with E-state index >= 15 is 0 Å². The normalized spacial score (nSPS) is 34.3. The smallest absolute Gasteiger partial charge is 0.239 e. The molecular weight excluding hydrogens is 244 g/mol. The molecule has 0 aromatic heterocycles. The van der Waals surface area contributed by atoms with Gasteiger partial charge in [0.05, 0.1) is 18.1 Å². The molecule has 2 N–H and O–H groups in total. The largest absolute Gasteiger partial charge is 0.394 e. The summed E-state index contributed by atoms with van der Waals surface area (Å²) in [5.41, 5.74) is 0. The minimum atomic E-state index is -2.96. The maximum absolute atomic E-state index is 11.7. The summed E-state index contributed by atoms with van der Waals surface area (Å²) in [7, 11) is -2.96. The number of nitrogens with one attached hydrogen (secondary N) is 1. The van der Waals surface area contributed by atoms with Crippen LogP contribution in [0, 0.1) is 0 Å². The van der Waals surface area contributed by atoms with E-state index in [0.717, 1.165) is 6.42 Å². The average Bonchev–Trinajstić information content (AvgIpc) is 2.52. The summed E-state index contributed by atoms with van der Waals surface area (Å²) in [5.74, 6) is 0.0966. The molecule has 17 heavy (non-hydrogen) atoms. The summed E-state index contributed by atoms with van der Waals surface area (Å²) in [4.78, 5) is 13.6. The van der Waals surface area contributed by atoms with E-state index in [-0.39, 0.29) is 30.1 Å². The van der Waals surface area contributed by atoms with Gasteiger partial charge >= 0.3 is 0 Å². The molecule has 0 aliphatic carbocycles. The van der Waals surface area contributed by atoms with Gasteiger partial charge in [-0.3, -0.25) is 9.69 Å². The first-order valence-electron chi connectivity index (χ1n) is 5.88. The van der Waals surface area contributed by atoms with Gasteiger partial charge in [-0.15, -0.1) is 0 Å². The van der Waals surface area contributed by atoms with E-state index < -0.39 is 15.9 Å². The Morgan fingerprint density at radius 3 is 2.82 bits per heavy atom. The van der Waals surface area contributed by atoms with Gasteiger partial charge in [0.1, 0.15) is 6.04 Å². The van der Waals surface area contributed by atoms with E-state index in [1.807, 2.05) is 4.90 Å². The predicted molar refractivity (Wildman–Crippen MR) is 62.3 cm³/mol. The van der Waals surface area contributed by atoms with Crippen LogP contribution in [0.25, 0.3) is 0 Å². The maximum atomic E-state index is 11.7.